The molecule has 13 heteroatoms. The highest BCUT2D eigenvalue weighted by Crippen LogP contribution is 2.33. The number of nitrogen functional groups attached to an aromatic ring is 1. The topological polar surface area (TPSA) is 152 Å². The smallest absolute Gasteiger partial charge is 0.410 e. The van der Waals surface area contributed by atoms with Crippen molar-refractivity contribution in [1.82, 2.24) is 24.8 Å². The lowest BCUT2D eigenvalue weighted by atomic mass is 10.00. The molecule has 0 bridgehead atoms. The van der Waals surface area contributed by atoms with Crippen molar-refractivity contribution in [3.05, 3.63) is 18.2 Å². The van der Waals surface area contributed by atoms with E-state index in [1.165, 1.54) is 17.3 Å². The summed E-state index contributed by atoms with van der Waals surface area (Å²) in [5, 5.41) is 13.3. The lowest BCUT2D eigenvalue weighted by Crippen LogP contribution is -2.46. The van der Waals surface area contributed by atoms with Gasteiger partial charge in [-0.3, -0.25) is 0 Å². The molecule has 0 spiro atoms. The summed E-state index contributed by atoms with van der Waals surface area (Å²) in [4.78, 5) is 32.6. The van der Waals surface area contributed by atoms with Crippen LogP contribution in [0, 0.1) is 5.82 Å². The van der Waals surface area contributed by atoms with E-state index in [2.05, 4.69) is 25.3 Å². The van der Waals surface area contributed by atoms with Crippen LogP contribution in [0.5, 0.6) is 0 Å². The van der Waals surface area contributed by atoms with Crippen molar-refractivity contribution in [2.45, 2.75) is 30.9 Å². The summed E-state index contributed by atoms with van der Waals surface area (Å²) in [6.07, 6.45) is 4.50. The number of carbonyl (C=O) groups excluding carboxylic acids is 1. The van der Waals surface area contributed by atoms with Crippen molar-refractivity contribution in [2.24, 2.45) is 0 Å². The van der Waals surface area contributed by atoms with E-state index in [9.17, 15) is 9.90 Å². The van der Waals surface area contributed by atoms with Gasteiger partial charge in [-0.2, -0.15) is 4.98 Å². The summed E-state index contributed by atoms with van der Waals surface area (Å²) < 4.78 is 26.5. The van der Waals surface area contributed by atoms with Crippen molar-refractivity contribution < 1.29 is 23.8 Å². The highest BCUT2D eigenvalue weighted by atomic mass is 19.1. The van der Waals surface area contributed by atoms with Crippen LogP contribution in [-0.4, -0.2) is 93.7 Å². The molecule has 34 heavy (non-hydrogen) atoms. The molecule has 2 aliphatic heterocycles. The minimum Gasteiger partial charge on any atom is -0.446 e. The SMILES string of the molecule is Nc1ncc(-c2nc(N3CCOCC3)nc(N[C@@]3(CO)CCN(C(=O)OC4CC4)C3)c2F)cn1. The molecule has 0 radical (unpaired) electrons. The number of nitrogens with zero attached hydrogens (tertiary/aromatic N) is 6. The minimum atomic E-state index is -0.977. The summed E-state index contributed by atoms with van der Waals surface area (Å²) in [5.41, 5.74) is 4.95. The number of aliphatic hydroxyl groups excluding tert-OH is 1. The van der Waals surface area contributed by atoms with Gasteiger partial charge in [-0.25, -0.2) is 24.1 Å². The number of morpholine rings is 1. The Morgan fingerprint density at radius 1 is 1.26 bits per heavy atom. The number of halogens is 1. The Morgan fingerprint density at radius 2 is 2.00 bits per heavy atom. The van der Waals surface area contributed by atoms with E-state index in [0.717, 1.165) is 12.8 Å². The number of amides is 1. The van der Waals surface area contributed by atoms with Gasteiger partial charge in [0.15, 0.2) is 11.6 Å². The fourth-order valence-corrected chi connectivity index (χ4v) is 4.03. The molecule has 0 aromatic carbocycles. The van der Waals surface area contributed by atoms with Crippen LogP contribution in [0.4, 0.5) is 26.9 Å². The van der Waals surface area contributed by atoms with Crippen molar-refractivity contribution in [3.8, 4) is 11.3 Å². The number of nitrogens with two attached hydrogens (primary N) is 1. The first-order valence-corrected chi connectivity index (χ1v) is 11.3. The van der Waals surface area contributed by atoms with E-state index in [-0.39, 0.29) is 36.7 Å². The van der Waals surface area contributed by atoms with Crippen molar-refractivity contribution >= 4 is 23.8 Å². The summed E-state index contributed by atoms with van der Waals surface area (Å²) >= 11 is 0. The van der Waals surface area contributed by atoms with E-state index < -0.39 is 17.4 Å². The quantitative estimate of drug-likeness (QED) is 0.541. The maximum absolute atomic E-state index is 15.7. The second-order valence-electron chi connectivity index (χ2n) is 8.78. The van der Waals surface area contributed by atoms with E-state index in [1.807, 2.05) is 4.90 Å². The third-order valence-electron chi connectivity index (χ3n) is 6.17. The number of aliphatic hydroxyl groups is 1. The first kappa shape index (κ1) is 22.5. The molecule has 4 heterocycles. The maximum atomic E-state index is 15.7. The van der Waals surface area contributed by atoms with E-state index in [4.69, 9.17) is 15.2 Å². The third kappa shape index (κ3) is 4.66. The molecule has 1 atom stereocenters. The summed E-state index contributed by atoms with van der Waals surface area (Å²) in [6.45, 7) is 2.32. The fourth-order valence-electron chi connectivity index (χ4n) is 4.03. The van der Waals surface area contributed by atoms with Gasteiger partial charge in [0.05, 0.1) is 25.4 Å². The third-order valence-corrected chi connectivity index (χ3v) is 6.17. The van der Waals surface area contributed by atoms with Crippen molar-refractivity contribution in [3.63, 3.8) is 0 Å². The Kier molecular flexibility index (Phi) is 6.04. The first-order valence-electron chi connectivity index (χ1n) is 11.3. The molecule has 2 aromatic rings. The summed E-state index contributed by atoms with van der Waals surface area (Å²) in [7, 11) is 0. The van der Waals surface area contributed by atoms with Gasteiger partial charge in [-0.15, -0.1) is 0 Å². The van der Waals surface area contributed by atoms with Gasteiger partial charge in [0.2, 0.25) is 11.9 Å². The lowest BCUT2D eigenvalue weighted by Gasteiger charge is -2.31. The van der Waals surface area contributed by atoms with Crippen LogP contribution in [0.15, 0.2) is 12.4 Å². The Morgan fingerprint density at radius 3 is 2.68 bits per heavy atom. The number of rotatable bonds is 6. The molecule has 4 N–H and O–H groups in total. The van der Waals surface area contributed by atoms with Gasteiger partial charge in [0, 0.05) is 44.1 Å². The molecule has 5 rings (SSSR count). The van der Waals surface area contributed by atoms with Crippen LogP contribution >= 0.6 is 0 Å². The molecule has 1 amide bonds. The minimum absolute atomic E-state index is 0.00933. The van der Waals surface area contributed by atoms with Crippen LogP contribution in [0.3, 0.4) is 0 Å². The number of aromatic nitrogens is 4. The zero-order valence-electron chi connectivity index (χ0n) is 18.6. The highest BCUT2D eigenvalue weighted by molar-refractivity contribution is 5.69. The van der Waals surface area contributed by atoms with Crippen LogP contribution < -0.4 is 16.0 Å². The predicted molar refractivity (Wildman–Crippen MR) is 120 cm³/mol. The Bertz CT molecular complexity index is 1050. The summed E-state index contributed by atoms with van der Waals surface area (Å²) in [5.74, 6) is -0.407. The van der Waals surface area contributed by atoms with Crippen molar-refractivity contribution in [2.75, 3.05) is 62.0 Å². The van der Waals surface area contributed by atoms with Crippen LogP contribution in [0.1, 0.15) is 19.3 Å². The van der Waals surface area contributed by atoms with E-state index >= 15 is 4.39 Å². The molecule has 1 saturated carbocycles. The normalized spacial score (nSPS) is 22.6. The Hall–Kier alpha value is -3.32. The molecular weight excluding hydrogens is 447 g/mol. The van der Waals surface area contributed by atoms with Crippen LogP contribution in [0.25, 0.3) is 11.3 Å². The second kappa shape index (κ2) is 9.14. The number of ether oxygens (including phenoxy) is 2. The maximum Gasteiger partial charge on any atom is 0.410 e. The van der Waals surface area contributed by atoms with Crippen LogP contribution in [0.2, 0.25) is 0 Å². The van der Waals surface area contributed by atoms with E-state index in [0.29, 0.717) is 50.8 Å². The molecule has 3 fully saturated rings. The Labute approximate surface area is 195 Å². The lowest BCUT2D eigenvalue weighted by molar-refractivity contribution is 0.100. The average molecular weight is 474 g/mol. The van der Waals surface area contributed by atoms with Gasteiger partial charge >= 0.3 is 6.09 Å². The number of hydrogen-bond acceptors (Lipinski definition) is 11. The zero-order valence-corrected chi connectivity index (χ0v) is 18.6. The molecule has 3 aliphatic rings. The second-order valence-corrected chi connectivity index (χ2v) is 8.78. The van der Waals surface area contributed by atoms with E-state index in [1.54, 1.807) is 0 Å². The molecule has 182 valence electrons. The van der Waals surface area contributed by atoms with Gasteiger partial charge in [0.1, 0.15) is 11.8 Å². The molecule has 2 aromatic heterocycles. The van der Waals surface area contributed by atoms with Gasteiger partial charge < -0.3 is 35.4 Å². The molecular formula is C21H27FN8O4. The number of nitrogens with one attached hydrogen (secondary N) is 1. The number of carbonyl (C=O) groups is 1. The predicted octanol–water partition coefficient (Wildman–Crippen LogP) is 0.639. The fraction of sp³-hybridized carbons (Fsp3) is 0.571. The summed E-state index contributed by atoms with van der Waals surface area (Å²) in [6, 6.07) is 0. The number of likely N-dealkylation sites (tertiary alicyclic amines) is 1. The molecule has 0 unspecified atom stereocenters. The van der Waals surface area contributed by atoms with Crippen molar-refractivity contribution in [1.29, 1.82) is 0 Å². The molecule has 12 nitrogen and oxygen atoms in total. The molecule has 1 aliphatic carbocycles. The Balaban J connectivity index is 1.46. The zero-order chi connectivity index (χ0) is 23.7. The first-order chi connectivity index (χ1) is 16.5. The van der Waals surface area contributed by atoms with Gasteiger partial charge in [-0.1, -0.05) is 0 Å². The van der Waals surface area contributed by atoms with Gasteiger partial charge in [0.25, 0.3) is 0 Å². The standard InChI is InChI=1S/C21H27FN8O4/c22-15-16(13-9-24-18(23)25-10-13)26-19(29-5-7-33-8-6-29)27-17(15)28-21(12-31)3-4-30(11-21)20(32)34-14-1-2-14/h9-10,14,31H,1-8,11-12H2,(H2,23,24,25)(H,26,27,28)/t21-/m0/s1. The average Bonchev–Trinajstić information content (AvgIpc) is 3.57. The molecule has 2 saturated heterocycles. The number of hydrogen-bond donors (Lipinski definition) is 3. The number of anilines is 3. The van der Waals surface area contributed by atoms with Gasteiger partial charge in [-0.05, 0) is 19.3 Å². The largest absolute Gasteiger partial charge is 0.446 e. The van der Waals surface area contributed by atoms with Crippen LogP contribution in [-0.2, 0) is 9.47 Å². The highest BCUT2D eigenvalue weighted by Gasteiger charge is 2.42. The monoisotopic (exact) mass is 474 g/mol.